The van der Waals surface area contributed by atoms with Gasteiger partial charge in [-0.2, -0.15) is 0 Å². The van der Waals surface area contributed by atoms with Crippen LogP contribution in [0.25, 0.3) is 21.7 Å². The molecule has 152 valence electrons. The predicted octanol–water partition coefficient (Wildman–Crippen LogP) is 4.59. The molecule has 0 fully saturated rings. The van der Waals surface area contributed by atoms with Crippen LogP contribution in [0, 0.1) is 13.8 Å². The van der Waals surface area contributed by atoms with Gasteiger partial charge in [-0.1, -0.05) is 28.9 Å². The Labute approximate surface area is 181 Å². The maximum absolute atomic E-state index is 12.9. The summed E-state index contributed by atoms with van der Waals surface area (Å²) in [7, 11) is 0. The number of carbonyl (C=O) groups is 2. The lowest BCUT2D eigenvalue weighted by molar-refractivity contribution is -0.115. The zero-order valence-electron chi connectivity index (χ0n) is 16.2. The number of aromatic nitrogens is 2. The van der Waals surface area contributed by atoms with Crippen molar-refractivity contribution < 1.29 is 14.1 Å². The first-order valence-electron chi connectivity index (χ1n) is 9.08. The molecule has 7 nitrogen and oxygen atoms in total. The molecule has 0 saturated heterocycles. The summed E-state index contributed by atoms with van der Waals surface area (Å²) in [6.07, 6.45) is 0. The molecule has 0 saturated carbocycles. The number of hydrogen-bond donors (Lipinski definition) is 2. The molecule has 0 spiro atoms. The van der Waals surface area contributed by atoms with E-state index in [4.69, 9.17) is 16.1 Å². The molecule has 2 N–H and O–H groups in total. The average Bonchev–Trinajstić information content (AvgIpc) is 3.39. The summed E-state index contributed by atoms with van der Waals surface area (Å²) in [5.41, 5.74) is 3.16. The second-order valence-corrected chi connectivity index (χ2v) is 7.98. The molecule has 4 aromatic rings. The summed E-state index contributed by atoms with van der Waals surface area (Å²) in [6.45, 7) is 3.35. The minimum absolute atomic E-state index is 0.201. The molecule has 0 aliphatic heterocycles. The summed E-state index contributed by atoms with van der Waals surface area (Å²) in [5, 5.41) is 12.3. The first-order chi connectivity index (χ1) is 14.4. The van der Waals surface area contributed by atoms with Crippen molar-refractivity contribution in [1.82, 2.24) is 15.5 Å². The largest absolute Gasteiger partial charge is 0.343 e. The number of nitrogens with one attached hydrogen (secondary N) is 2. The molecule has 30 heavy (non-hydrogen) atoms. The molecular weight excluding hydrogens is 424 g/mol. The van der Waals surface area contributed by atoms with E-state index >= 15 is 0 Å². The molecule has 9 heteroatoms. The Morgan fingerprint density at radius 3 is 2.80 bits per heavy atom. The molecular formula is C21H17ClN4O3S. The van der Waals surface area contributed by atoms with E-state index in [0.717, 1.165) is 10.4 Å². The van der Waals surface area contributed by atoms with Crippen LogP contribution in [0.2, 0.25) is 5.02 Å². The highest BCUT2D eigenvalue weighted by Crippen LogP contribution is 2.29. The van der Waals surface area contributed by atoms with Crippen molar-refractivity contribution in [3.05, 3.63) is 63.6 Å². The molecule has 3 aromatic heterocycles. The van der Waals surface area contributed by atoms with Gasteiger partial charge in [-0.25, -0.2) is 4.98 Å². The molecule has 1 aromatic carbocycles. The van der Waals surface area contributed by atoms with Crippen LogP contribution in [0.3, 0.4) is 0 Å². The number of thiophene rings is 1. The zero-order chi connectivity index (χ0) is 21.3. The molecule has 0 aliphatic rings. The van der Waals surface area contributed by atoms with Gasteiger partial charge in [0, 0.05) is 10.7 Å². The Bertz CT molecular complexity index is 1250. The summed E-state index contributed by atoms with van der Waals surface area (Å²) in [5.74, 6) is -0.774. The number of pyridine rings is 1. The van der Waals surface area contributed by atoms with Gasteiger partial charge in [0.25, 0.3) is 11.6 Å². The summed E-state index contributed by atoms with van der Waals surface area (Å²) in [4.78, 5) is 30.6. The smallest absolute Gasteiger partial charge is 0.259 e. The van der Waals surface area contributed by atoms with Gasteiger partial charge in [-0.3, -0.25) is 9.59 Å². The van der Waals surface area contributed by atoms with E-state index in [1.165, 1.54) is 11.3 Å². The molecule has 0 radical (unpaired) electrons. The maximum Gasteiger partial charge on any atom is 0.259 e. The predicted molar refractivity (Wildman–Crippen MR) is 117 cm³/mol. The number of aryl methyl sites for hydroxylation is 1. The van der Waals surface area contributed by atoms with Crippen molar-refractivity contribution in [3.63, 3.8) is 0 Å². The third-order valence-electron chi connectivity index (χ3n) is 4.59. The van der Waals surface area contributed by atoms with Crippen molar-refractivity contribution in [2.45, 2.75) is 13.8 Å². The Balaban J connectivity index is 1.55. The van der Waals surface area contributed by atoms with E-state index in [0.29, 0.717) is 33.0 Å². The Kier molecular flexibility index (Phi) is 5.52. The third kappa shape index (κ3) is 3.92. The Hall–Kier alpha value is -3.23. The fraction of sp³-hybridized carbons (Fsp3) is 0.143. The molecule has 0 unspecified atom stereocenters. The van der Waals surface area contributed by atoms with Crippen LogP contribution in [-0.2, 0) is 4.79 Å². The highest BCUT2D eigenvalue weighted by molar-refractivity contribution is 7.13. The number of carbonyl (C=O) groups excluding carboxylic acids is 2. The van der Waals surface area contributed by atoms with Crippen LogP contribution in [0.15, 0.2) is 46.3 Å². The average molecular weight is 441 g/mol. The fourth-order valence-corrected chi connectivity index (χ4v) is 3.88. The van der Waals surface area contributed by atoms with Crippen LogP contribution in [0.1, 0.15) is 21.6 Å². The van der Waals surface area contributed by atoms with Gasteiger partial charge in [0.2, 0.25) is 5.91 Å². The van der Waals surface area contributed by atoms with Gasteiger partial charge in [0.1, 0.15) is 0 Å². The summed E-state index contributed by atoms with van der Waals surface area (Å²) in [6, 6.07) is 10.7. The topological polar surface area (TPSA) is 97.1 Å². The first-order valence-corrected chi connectivity index (χ1v) is 10.3. The van der Waals surface area contributed by atoms with Gasteiger partial charge >= 0.3 is 0 Å². The van der Waals surface area contributed by atoms with Gasteiger partial charge in [0.15, 0.2) is 0 Å². The second-order valence-electron chi connectivity index (χ2n) is 6.62. The van der Waals surface area contributed by atoms with Crippen molar-refractivity contribution in [3.8, 4) is 10.6 Å². The highest BCUT2D eigenvalue weighted by atomic mass is 35.5. The molecule has 0 atom stereocenters. The lowest BCUT2D eigenvalue weighted by Gasteiger charge is -2.11. The van der Waals surface area contributed by atoms with Crippen molar-refractivity contribution in [2.75, 3.05) is 11.9 Å². The van der Waals surface area contributed by atoms with E-state index in [1.807, 2.05) is 24.4 Å². The van der Waals surface area contributed by atoms with Crippen LogP contribution >= 0.6 is 22.9 Å². The number of halogens is 1. The SMILES string of the molecule is Cc1c(Cl)cccc1NC(=O)CNC(=O)c1cc(-c2cccs2)nc2onc(C)c12. The van der Waals surface area contributed by atoms with Crippen LogP contribution < -0.4 is 10.6 Å². The van der Waals surface area contributed by atoms with Gasteiger partial charge in [-0.15, -0.1) is 11.3 Å². The molecule has 0 aliphatic carbocycles. The fourth-order valence-electron chi connectivity index (χ4n) is 3.02. The quantitative estimate of drug-likeness (QED) is 0.473. The first kappa shape index (κ1) is 20.1. The van der Waals surface area contributed by atoms with Crippen LogP contribution in [0.4, 0.5) is 5.69 Å². The standard InChI is InChI=1S/C21H17ClN4O3S/c1-11-14(22)5-3-6-15(11)24-18(27)10-23-20(28)13-9-16(17-7-4-8-30-17)25-21-19(13)12(2)26-29-21/h3-9H,10H2,1-2H3,(H,23,28)(H,24,27). The zero-order valence-corrected chi connectivity index (χ0v) is 17.7. The molecule has 2 amide bonds. The minimum Gasteiger partial charge on any atom is -0.343 e. The van der Waals surface area contributed by atoms with Crippen LogP contribution in [-0.4, -0.2) is 28.5 Å². The van der Waals surface area contributed by atoms with E-state index in [1.54, 1.807) is 31.2 Å². The number of benzene rings is 1. The molecule has 4 rings (SSSR count). The summed E-state index contributed by atoms with van der Waals surface area (Å²) >= 11 is 7.58. The third-order valence-corrected chi connectivity index (χ3v) is 5.89. The number of hydrogen-bond acceptors (Lipinski definition) is 6. The Morgan fingerprint density at radius 1 is 1.20 bits per heavy atom. The molecule has 3 heterocycles. The number of amides is 2. The lowest BCUT2D eigenvalue weighted by atomic mass is 10.1. The normalized spacial score (nSPS) is 10.9. The van der Waals surface area contributed by atoms with E-state index < -0.39 is 5.91 Å². The number of nitrogens with zero attached hydrogens (tertiary/aromatic N) is 2. The van der Waals surface area contributed by atoms with E-state index in [-0.39, 0.29) is 18.2 Å². The number of anilines is 1. The second kappa shape index (κ2) is 8.25. The Morgan fingerprint density at radius 2 is 2.03 bits per heavy atom. The number of rotatable bonds is 5. The highest BCUT2D eigenvalue weighted by Gasteiger charge is 2.20. The van der Waals surface area contributed by atoms with Gasteiger partial charge < -0.3 is 15.2 Å². The minimum atomic E-state index is -0.413. The van der Waals surface area contributed by atoms with Crippen molar-refractivity contribution >= 4 is 51.5 Å². The molecule has 0 bridgehead atoms. The van der Waals surface area contributed by atoms with Crippen molar-refractivity contribution in [2.24, 2.45) is 0 Å². The van der Waals surface area contributed by atoms with Crippen LogP contribution in [0.5, 0.6) is 0 Å². The lowest BCUT2D eigenvalue weighted by Crippen LogP contribution is -2.33. The van der Waals surface area contributed by atoms with Gasteiger partial charge in [0.05, 0.1) is 33.8 Å². The van der Waals surface area contributed by atoms with E-state index in [2.05, 4.69) is 20.8 Å². The monoisotopic (exact) mass is 440 g/mol. The summed E-state index contributed by atoms with van der Waals surface area (Å²) < 4.78 is 5.28. The van der Waals surface area contributed by atoms with Gasteiger partial charge in [-0.05, 0) is 49.1 Å². The number of fused-ring (bicyclic) bond motifs is 1. The van der Waals surface area contributed by atoms with E-state index in [9.17, 15) is 9.59 Å². The maximum atomic E-state index is 12.9. The van der Waals surface area contributed by atoms with Crippen molar-refractivity contribution in [1.29, 1.82) is 0 Å².